The van der Waals surface area contributed by atoms with Gasteiger partial charge in [-0.1, -0.05) is 248 Å². The highest BCUT2D eigenvalue weighted by atomic mass is 16.6. The third-order valence-corrected chi connectivity index (χ3v) is 12.2. The van der Waals surface area contributed by atoms with Gasteiger partial charge in [0.05, 0.1) is 0 Å². The van der Waals surface area contributed by atoms with Crippen LogP contribution in [0.15, 0.2) is 72.9 Å². The van der Waals surface area contributed by atoms with E-state index in [1.54, 1.807) is 0 Å². The largest absolute Gasteiger partial charge is 0.462 e. The summed E-state index contributed by atoms with van der Waals surface area (Å²) in [5.41, 5.74) is 0. The molecule has 0 bridgehead atoms. The lowest BCUT2D eigenvalue weighted by Crippen LogP contribution is -2.30. The molecule has 0 spiro atoms. The van der Waals surface area contributed by atoms with Crippen molar-refractivity contribution in [1.82, 2.24) is 0 Å². The van der Waals surface area contributed by atoms with Gasteiger partial charge >= 0.3 is 17.9 Å². The van der Waals surface area contributed by atoms with Crippen LogP contribution in [0, 0.1) is 0 Å². The summed E-state index contributed by atoms with van der Waals surface area (Å²) in [6.07, 6.45) is 70.4. The molecule has 0 rings (SSSR count). The van der Waals surface area contributed by atoms with E-state index in [-0.39, 0.29) is 37.5 Å². The smallest absolute Gasteiger partial charge is 0.306 e. The van der Waals surface area contributed by atoms with Gasteiger partial charge in [-0.2, -0.15) is 0 Å². The summed E-state index contributed by atoms with van der Waals surface area (Å²) in [7, 11) is 0. The van der Waals surface area contributed by atoms with Crippen LogP contribution in [-0.4, -0.2) is 37.2 Å². The van der Waals surface area contributed by atoms with Gasteiger partial charge in [0.1, 0.15) is 13.2 Å². The van der Waals surface area contributed by atoms with Crippen molar-refractivity contribution in [3.05, 3.63) is 72.9 Å². The molecule has 0 radical (unpaired) electrons. The second kappa shape index (κ2) is 55.4. The zero-order valence-electron chi connectivity index (χ0n) is 44.2. The van der Waals surface area contributed by atoms with Crippen LogP contribution in [0.4, 0.5) is 0 Å². The maximum absolute atomic E-state index is 12.8. The number of rotatable bonds is 51. The maximum Gasteiger partial charge on any atom is 0.306 e. The Balaban J connectivity index is 4.45. The normalized spacial score (nSPS) is 12.6. The topological polar surface area (TPSA) is 78.9 Å². The SMILES string of the molecule is CC/C=C\C/C=C\C/C=C\C/C=C\C/C=C\CCCC(=O)OC[C@H](COC(=O)CCCCCCCCC/C=C\CCCCCCCC)OC(=O)CCCCCCCCCCCCCCCCC. The van der Waals surface area contributed by atoms with E-state index in [9.17, 15) is 14.4 Å². The Hall–Kier alpha value is -3.15. The van der Waals surface area contributed by atoms with Crippen LogP contribution in [0.25, 0.3) is 0 Å². The molecule has 6 nitrogen and oxygen atoms in total. The summed E-state index contributed by atoms with van der Waals surface area (Å²) >= 11 is 0. The lowest BCUT2D eigenvalue weighted by molar-refractivity contribution is -0.167. The molecule has 0 aromatic heterocycles. The molecule has 0 aromatic rings. The second-order valence-electron chi connectivity index (χ2n) is 18.8. The predicted octanol–water partition coefficient (Wildman–Crippen LogP) is 19.0. The van der Waals surface area contributed by atoms with Crippen molar-refractivity contribution in [3.8, 4) is 0 Å². The molecule has 0 heterocycles. The van der Waals surface area contributed by atoms with Crippen LogP contribution >= 0.6 is 0 Å². The zero-order valence-corrected chi connectivity index (χ0v) is 44.2. The maximum atomic E-state index is 12.8. The highest BCUT2D eigenvalue weighted by molar-refractivity contribution is 5.71. The van der Waals surface area contributed by atoms with Crippen LogP contribution < -0.4 is 0 Å². The molecule has 0 saturated carbocycles. The van der Waals surface area contributed by atoms with E-state index < -0.39 is 6.10 Å². The summed E-state index contributed by atoms with van der Waals surface area (Å²) in [6.45, 7) is 6.49. The van der Waals surface area contributed by atoms with Gasteiger partial charge < -0.3 is 14.2 Å². The number of unbranched alkanes of at least 4 members (excludes halogenated alkanes) is 28. The van der Waals surface area contributed by atoms with Gasteiger partial charge in [-0.05, 0) is 83.5 Å². The monoisotopic (exact) mass is 935 g/mol. The van der Waals surface area contributed by atoms with Crippen molar-refractivity contribution >= 4 is 17.9 Å². The molecule has 0 aromatic carbocycles. The molecular formula is C61H106O6. The summed E-state index contributed by atoms with van der Waals surface area (Å²) in [5, 5.41) is 0. The van der Waals surface area contributed by atoms with Gasteiger partial charge in [-0.3, -0.25) is 14.4 Å². The number of allylic oxidation sites excluding steroid dienone is 12. The molecular weight excluding hydrogens is 829 g/mol. The van der Waals surface area contributed by atoms with E-state index in [1.807, 2.05) is 0 Å². The number of carbonyl (C=O) groups is 3. The lowest BCUT2D eigenvalue weighted by atomic mass is 10.0. The number of ether oxygens (including phenoxy) is 3. The second-order valence-corrected chi connectivity index (χ2v) is 18.8. The average Bonchev–Trinajstić information content (AvgIpc) is 3.33. The van der Waals surface area contributed by atoms with Gasteiger partial charge in [0.2, 0.25) is 0 Å². The first-order valence-electron chi connectivity index (χ1n) is 28.4. The molecule has 6 heteroatoms. The van der Waals surface area contributed by atoms with Crippen molar-refractivity contribution in [2.45, 2.75) is 284 Å². The van der Waals surface area contributed by atoms with Gasteiger partial charge in [0, 0.05) is 19.3 Å². The van der Waals surface area contributed by atoms with Crippen molar-refractivity contribution in [2.75, 3.05) is 13.2 Å². The summed E-state index contributed by atoms with van der Waals surface area (Å²) in [6, 6.07) is 0. The Kier molecular flexibility index (Phi) is 52.8. The quantitative estimate of drug-likeness (QED) is 0.0262. The fourth-order valence-electron chi connectivity index (χ4n) is 7.94. The predicted molar refractivity (Wildman–Crippen MR) is 288 cm³/mol. The van der Waals surface area contributed by atoms with Crippen LogP contribution in [-0.2, 0) is 28.6 Å². The average molecular weight is 936 g/mol. The molecule has 386 valence electrons. The number of hydrogen-bond acceptors (Lipinski definition) is 6. The molecule has 0 N–H and O–H groups in total. The van der Waals surface area contributed by atoms with Crippen molar-refractivity contribution in [1.29, 1.82) is 0 Å². The third kappa shape index (κ3) is 53.7. The van der Waals surface area contributed by atoms with Crippen molar-refractivity contribution < 1.29 is 28.6 Å². The van der Waals surface area contributed by atoms with Gasteiger partial charge in [0.15, 0.2) is 6.10 Å². The number of hydrogen-bond donors (Lipinski definition) is 0. The molecule has 67 heavy (non-hydrogen) atoms. The fourth-order valence-corrected chi connectivity index (χ4v) is 7.94. The highest BCUT2D eigenvalue weighted by Gasteiger charge is 2.19. The van der Waals surface area contributed by atoms with Gasteiger partial charge in [0.25, 0.3) is 0 Å². The fraction of sp³-hybridized carbons (Fsp3) is 0.754. The minimum Gasteiger partial charge on any atom is -0.462 e. The first kappa shape index (κ1) is 63.8. The Morgan fingerprint density at radius 1 is 0.313 bits per heavy atom. The minimum absolute atomic E-state index is 0.0931. The number of esters is 3. The van der Waals surface area contributed by atoms with Crippen molar-refractivity contribution in [3.63, 3.8) is 0 Å². The van der Waals surface area contributed by atoms with Crippen LogP contribution in [0.3, 0.4) is 0 Å². The molecule has 0 aliphatic rings. The van der Waals surface area contributed by atoms with E-state index in [0.29, 0.717) is 19.3 Å². The Labute approximate surface area is 414 Å². The third-order valence-electron chi connectivity index (χ3n) is 12.2. The van der Waals surface area contributed by atoms with E-state index >= 15 is 0 Å². The van der Waals surface area contributed by atoms with E-state index in [0.717, 1.165) is 77.0 Å². The molecule has 0 fully saturated rings. The molecule has 0 amide bonds. The Bertz CT molecular complexity index is 1260. The summed E-state index contributed by atoms with van der Waals surface area (Å²) in [4.78, 5) is 38.1. The molecule has 0 aliphatic heterocycles. The van der Waals surface area contributed by atoms with Gasteiger partial charge in [-0.15, -0.1) is 0 Å². The first-order valence-corrected chi connectivity index (χ1v) is 28.4. The number of carbonyl (C=O) groups excluding carboxylic acids is 3. The standard InChI is InChI=1S/C61H106O6/c1-4-7-10-13-16-19-22-25-28-30-33-35-38-41-44-47-50-53-59(62)65-56-58(67-61(64)55-52-49-46-43-40-37-32-27-24-21-18-15-12-9-6-3)57-66-60(63)54-51-48-45-42-39-36-34-31-29-26-23-20-17-14-11-8-5-2/h7,10,16,19,25-26,28-29,33,35,41,44,58H,4-6,8-9,11-15,17-18,20-24,27,30-32,34,36-40,42-43,45-57H2,1-3H3/b10-7-,19-16-,28-25-,29-26-,35-33-,44-41-/t58-/m1/s1. The van der Waals surface area contributed by atoms with Crippen LogP contribution in [0.5, 0.6) is 0 Å². The first-order chi connectivity index (χ1) is 33.0. The van der Waals surface area contributed by atoms with E-state index in [4.69, 9.17) is 14.2 Å². The highest BCUT2D eigenvalue weighted by Crippen LogP contribution is 2.16. The molecule has 0 saturated heterocycles. The molecule has 1 atom stereocenters. The van der Waals surface area contributed by atoms with Gasteiger partial charge in [-0.25, -0.2) is 0 Å². The summed E-state index contributed by atoms with van der Waals surface area (Å²) in [5.74, 6) is -0.948. The molecule has 0 aliphatic carbocycles. The van der Waals surface area contributed by atoms with Crippen LogP contribution in [0.1, 0.15) is 278 Å². The van der Waals surface area contributed by atoms with E-state index in [1.165, 1.54) is 154 Å². The van der Waals surface area contributed by atoms with Crippen LogP contribution in [0.2, 0.25) is 0 Å². The molecule has 0 unspecified atom stereocenters. The zero-order chi connectivity index (χ0) is 48.6. The van der Waals surface area contributed by atoms with Crippen molar-refractivity contribution in [2.24, 2.45) is 0 Å². The minimum atomic E-state index is -0.798. The Morgan fingerprint density at radius 2 is 0.597 bits per heavy atom. The van der Waals surface area contributed by atoms with E-state index in [2.05, 4.69) is 93.7 Å². The lowest BCUT2D eigenvalue weighted by Gasteiger charge is -2.18. The Morgan fingerprint density at radius 3 is 0.985 bits per heavy atom. The summed E-state index contributed by atoms with van der Waals surface area (Å²) < 4.78 is 16.8.